The summed E-state index contributed by atoms with van der Waals surface area (Å²) in [4.78, 5) is 56.4. The first-order chi connectivity index (χ1) is 16.8. The molecule has 7 heteroatoms. The van der Waals surface area contributed by atoms with E-state index >= 15 is 0 Å². The van der Waals surface area contributed by atoms with Crippen LogP contribution in [0.4, 0.5) is 5.69 Å². The highest BCUT2D eigenvalue weighted by atomic mass is 16.3. The first-order valence-corrected chi connectivity index (χ1v) is 12.0. The fourth-order valence-corrected chi connectivity index (χ4v) is 7.07. The molecule has 0 spiro atoms. The zero-order chi connectivity index (χ0) is 24.6. The van der Waals surface area contributed by atoms with E-state index in [2.05, 4.69) is 0 Å². The van der Waals surface area contributed by atoms with Crippen molar-refractivity contribution in [1.29, 1.82) is 0 Å². The van der Waals surface area contributed by atoms with Gasteiger partial charge in [0.05, 0.1) is 28.9 Å². The van der Waals surface area contributed by atoms with Gasteiger partial charge in [0.15, 0.2) is 0 Å². The number of anilines is 1. The Bertz CT molecular complexity index is 1320. The number of carbonyl (C=O) groups is 4. The number of likely N-dealkylation sites (tertiary alicyclic amines) is 1. The minimum atomic E-state index is -1.14. The van der Waals surface area contributed by atoms with Crippen LogP contribution in [-0.2, 0) is 19.2 Å². The largest absolute Gasteiger partial charge is 0.508 e. The van der Waals surface area contributed by atoms with Crippen LogP contribution < -0.4 is 4.90 Å². The molecule has 2 heterocycles. The van der Waals surface area contributed by atoms with E-state index in [4.69, 9.17) is 0 Å². The average Bonchev–Trinajstić information content (AvgIpc) is 3.20. The number of para-hydroxylation sites is 2. The second kappa shape index (κ2) is 7.38. The van der Waals surface area contributed by atoms with Crippen LogP contribution in [0, 0.1) is 29.1 Å². The molecule has 2 aliphatic heterocycles. The third-order valence-corrected chi connectivity index (χ3v) is 8.76. The molecular weight excluding hydrogens is 444 g/mol. The fourth-order valence-electron chi connectivity index (χ4n) is 7.07. The Kier molecular flexibility index (Phi) is 4.59. The predicted octanol–water partition coefficient (Wildman–Crippen LogP) is 3.25. The lowest BCUT2D eigenvalue weighted by Crippen LogP contribution is -2.48. The molecular formula is C28H26N2O5. The fraction of sp³-hybridized carbons (Fsp3) is 0.357. The molecule has 0 aromatic heterocycles. The molecule has 3 fully saturated rings. The number of benzene rings is 2. The van der Waals surface area contributed by atoms with Gasteiger partial charge in [0.2, 0.25) is 23.6 Å². The molecule has 0 radical (unpaired) electrons. The monoisotopic (exact) mass is 470 g/mol. The maximum atomic E-state index is 14.1. The van der Waals surface area contributed by atoms with E-state index < -0.39 is 29.1 Å². The number of fused-ring (bicyclic) bond motifs is 4. The van der Waals surface area contributed by atoms with Crippen LogP contribution in [0.5, 0.6) is 5.75 Å². The average molecular weight is 471 g/mol. The van der Waals surface area contributed by atoms with Crippen molar-refractivity contribution < 1.29 is 24.3 Å². The van der Waals surface area contributed by atoms with Gasteiger partial charge in [0.25, 0.3) is 0 Å². The number of nitrogens with zero attached hydrogens (tertiary/aromatic N) is 2. The number of phenols is 1. The van der Waals surface area contributed by atoms with E-state index in [-0.39, 0.29) is 35.3 Å². The molecule has 1 N–H and O–H groups in total. The van der Waals surface area contributed by atoms with E-state index in [1.165, 1.54) is 16.8 Å². The maximum Gasteiger partial charge on any atom is 0.241 e. The lowest BCUT2D eigenvalue weighted by atomic mass is 9.51. The molecule has 6 rings (SSSR count). The van der Waals surface area contributed by atoms with Crippen molar-refractivity contribution in [3.05, 3.63) is 71.8 Å². The van der Waals surface area contributed by atoms with Gasteiger partial charge in [-0.3, -0.25) is 24.1 Å². The van der Waals surface area contributed by atoms with Gasteiger partial charge >= 0.3 is 0 Å². The number of imide groups is 2. The smallest absolute Gasteiger partial charge is 0.241 e. The molecule has 2 aromatic rings. The molecule has 4 amide bonds. The zero-order valence-corrected chi connectivity index (χ0v) is 19.5. The van der Waals surface area contributed by atoms with Crippen molar-refractivity contribution in [3.63, 3.8) is 0 Å². The summed E-state index contributed by atoms with van der Waals surface area (Å²) in [6.07, 6.45) is 2.70. The van der Waals surface area contributed by atoms with Gasteiger partial charge in [-0.2, -0.15) is 0 Å². The molecule has 35 heavy (non-hydrogen) atoms. The predicted molar refractivity (Wildman–Crippen MR) is 127 cm³/mol. The third kappa shape index (κ3) is 2.72. The van der Waals surface area contributed by atoms with E-state index in [9.17, 15) is 24.3 Å². The summed E-state index contributed by atoms with van der Waals surface area (Å²) in [5, 5.41) is 10.9. The Morgan fingerprint density at radius 2 is 1.57 bits per heavy atom. The Labute approximate surface area is 203 Å². The molecule has 4 aliphatic rings. The number of phenolic OH excluding ortho intramolecular Hbond substituents is 1. The first kappa shape index (κ1) is 21.8. The standard InChI is InChI=1S/C28H26N2O5/c1-28-20(25(33)30(27(28)35)15-8-4-3-5-9-15)14-19-16(23(28)17-10-6-7-11-21(17)31)12-13-18-22(19)26(34)29(2)24(18)32/h3-12,18-20,22-23,31H,13-14H2,1-2H3/t18-,19+,20-,22-,23+,28+/m0/s1. The van der Waals surface area contributed by atoms with E-state index in [1.54, 1.807) is 48.5 Å². The van der Waals surface area contributed by atoms with Gasteiger partial charge in [0.1, 0.15) is 5.75 Å². The van der Waals surface area contributed by atoms with Gasteiger partial charge in [-0.25, -0.2) is 4.90 Å². The minimum Gasteiger partial charge on any atom is -0.508 e. The van der Waals surface area contributed by atoms with Gasteiger partial charge < -0.3 is 5.11 Å². The van der Waals surface area contributed by atoms with Gasteiger partial charge in [-0.05, 0) is 43.9 Å². The van der Waals surface area contributed by atoms with Crippen molar-refractivity contribution in [2.24, 2.45) is 29.1 Å². The molecule has 2 saturated heterocycles. The first-order valence-electron chi connectivity index (χ1n) is 12.0. The Hall–Kier alpha value is -3.74. The van der Waals surface area contributed by atoms with Crippen molar-refractivity contribution in [2.75, 3.05) is 11.9 Å². The number of allylic oxidation sites excluding steroid dienone is 2. The number of hydrogen-bond acceptors (Lipinski definition) is 5. The molecule has 0 unspecified atom stereocenters. The number of aromatic hydroxyl groups is 1. The van der Waals surface area contributed by atoms with Crippen molar-refractivity contribution in [3.8, 4) is 5.75 Å². The van der Waals surface area contributed by atoms with Crippen LogP contribution in [0.2, 0.25) is 0 Å². The minimum absolute atomic E-state index is 0.0468. The van der Waals surface area contributed by atoms with Gasteiger partial charge in [0, 0.05) is 18.5 Å². The SMILES string of the molecule is CN1C(=O)[C@H]2[C@H](CC=C3[C@H]2C[C@H]2C(=O)N(c4ccccc4)C(=O)[C@@]2(C)[C@H]3c2ccccc2O)C1=O. The number of carbonyl (C=O) groups excluding carboxylic acids is 4. The summed E-state index contributed by atoms with van der Waals surface area (Å²) in [6.45, 7) is 1.81. The second-order valence-electron chi connectivity index (χ2n) is 10.3. The number of rotatable bonds is 2. The summed E-state index contributed by atoms with van der Waals surface area (Å²) in [7, 11) is 1.51. The zero-order valence-electron chi connectivity index (χ0n) is 19.5. The van der Waals surface area contributed by atoms with Crippen LogP contribution in [-0.4, -0.2) is 40.7 Å². The molecule has 6 atom stereocenters. The lowest BCUT2D eigenvalue weighted by molar-refractivity contribution is -0.138. The van der Waals surface area contributed by atoms with Crippen LogP contribution in [0.3, 0.4) is 0 Å². The van der Waals surface area contributed by atoms with Crippen LogP contribution in [0.25, 0.3) is 0 Å². The Balaban J connectivity index is 1.55. The molecule has 2 aromatic carbocycles. The summed E-state index contributed by atoms with van der Waals surface area (Å²) in [5.74, 6) is -3.62. The van der Waals surface area contributed by atoms with E-state index in [0.717, 1.165) is 5.57 Å². The molecule has 178 valence electrons. The molecule has 1 saturated carbocycles. The highest BCUT2D eigenvalue weighted by Gasteiger charge is 2.67. The van der Waals surface area contributed by atoms with Gasteiger partial charge in [-0.1, -0.05) is 48.0 Å². The van der Waals surface area contributed by atoms with Crippen molar-refractivity contribution in [1.82, 2.24) is 4.90 Å². The van der Waals surface area contributed by atoms with Crippen LogP contribution in [0.1, 0.15) is 31.2 Å². The van der Waals surface area contributed by atoms with E-state index in [1.807, 2.05) is 19.1 Å². The Morgan fingerprint density at radius 1 is 0.886 bits per heavy atom. The van der Waals surface area contributed by atoms with Gasteiger partial charge in [-0.15, -0.1) is 0 Å². The van der Waals surface area contributed by atoms with Crippen LogP contribution >= 0.6 is 0 Å². The second-order valence-corrected chi connectivity index (χ2v) is 10.3. The summed E-state index contributed by atoms with van der Waals surface area (Å²) >= 11 is 0. The molecule has 2 aliphatic carbocycles. The highest BCUT2D eigenvalue weighted by molar-refractivity contribution is 6.24. The quantitative estimate of drug-likeness (QED) is 0.537. The summed E-state index contributed by atoms with van der Waals surface area (Å²) in [6, 6.07) is 15.8. The highest BCUT2D eigenvalue weighted by Crippen LogP contribution is 2.64. The number of hydrogen-bond donors (Lipinski definition) is 1. The lowest BCUT2D eigenvalue weighted by Gasteiger charge is -2.49. The summed E-state index contributed by atoms with van der Waals surface area (Å²) < 4.78 is 0. The molecule has 0 bridgehead atoms. The topological polar surface area (TPSA) is 95.0 Å². The maximum absolute atomic E-state index is 14.1. The van der Waals surface area contributed by atoms with E-state index in [0.29, 0.717) is 24.1 Å². The third-order valence-electron chi connectivity index (χ3n) is 8.76. The van der Waals surface area contributed by atoms with Crippen molar-refractivity contribution >= 4 is 29.3 Å². The van der Waals surface area contributed by atoms with Crippen molar-refractivity contribution in [2.45, 2.75) is 25.7 Å². The summed E-state index contributed by atoms with van der Waals surface area (Å²) in [5.41, 5.74) is 0.809. The molecule has 7 nitrogen and oxygen atoms in total. The Morgan fingerprint density at radius 3 is 2.29 bits per heavy atom. The normalized spacial score (nSPS) is 34.0. The number of amides is 4. The van der Waals surface area contributed by atoms with Crippen LogP contribution in [0.15, 0.2) is 66.2 Å².